The standard InChI is InChI=1S/C29H20F4N4O/c1-18-4-2-3-5-24(18)25-16-20(8-15-26(25)30)28(38)35-22-11-6-19(7-12-22)27-34-17-37(36-27)23-13-9-21(10-14-23)29(31,32)33/h2-17H,1H3,(H,35,38). The quantitative estimate of drug-likeness (QED) is 0.249. The number of nitrogens with one attached hydrogen (secondary N) is 1. The molecular formula is C29H20F4N4O. The topological polar surface area (TPSA) is 59.8 Å². The Morgan fingerprint density at radius 1 is 0.868 bits per heavy atom. The third-order valence-corrected chi connectivity index (χ3v) is 6.02. The Bertz CT molecular complexity index is 1610. The predicted molar refractivity (Wildman–Crippen MR) is 136 cm³/mol. The van der Waals surface area contributed by atoms with E-state index in [-0.39, 0.29) is 0 Å². The van der Waals surface area contributed by atoms with Gasteiger partial charge in [0.1, 0.15) is 12.1 Å². The highest BCUT2D eigenvalue weighted by molar-refractivity contribution is 6.05. The molecule has 1 aromatic heterocycles. The second-order valence-corrected chi connectivity index (χ2v) is 8.60. The number of carbonyl (C=O) groups excluding carboxylic acids is 1. The molecule has 38 heavy (non-hydrogen) atoms. The molecule has 1 heterocycles. The van der Waals surface area contributed by atoms with Crippen LogP contribution < -0.4 is 5.32 Å². The second kappa shape index (κ2) is 9.93. The van der Waals surface area contributed by atoms with E-state index in [9.17, 15) is 22.4 Å². The van der Waals surface area contributed by atoms with Crippen molar-refractivity contribution in [2.75, 3.05) is 5.32 Å². The maximum Gasteiger partial charge on any atom is 0.416 e. The molecule has 5 nitrogen and oxygen atoms in total. The number of aromatic nitrogens is 3. The van der Waals surface area contributed by atoms with E-state index >= 15 is 0 Å². The van der Waals surface area contributed by atoms with Gasteiger partial charge in [0.2, 0.25) is 0 Å². The molecule has 0 bridgehead atoms. The van der Waals surface area contributed by atoms with Crippen molar-refractivity contribution in [3.05, 3.63) is 120 Å². The van der Waals surface area contributed by atoms with Gasteiger partial charge in [-0.1, -0.05) is 24.3 Å². The molecule has 4 aromatic carbocycles. The Labute approximate surface area is 215 Å². The highest BCUT2D eigenvalue weighted by Crippen LogP contribution is 2.30. The third-order valence-electron chi connectivity index (χ3n) is 6.02. The maximum atomic E-state index is 14.5. The van der Waals surface area contributed by atoms with Gasteiger partial charge in [-0.05, 0) is 84.8 Å². The maximum absolute atomic E-state index is 14.5. The lowest BCUT2D eigenvalue weighted by Crippen LogP contribution is -2.12. The lowest BCUT2D eigenvalue weighted by molar-refractivity contribution is -0.137. The summed E-state index contributed by atoms with van der Waals surface area (Å²) in [6, 6.07) is 23.0. The Morgan fingerprint density at radius 3 is 2.26 bits per heavy atom. The van der Waals surface area contributed by atoms with Gasteiger partial charge in [0.05, 0.1) is 11.3 Å². The van der Waals surface area contributed by atoms with Crippen molar-refractivity contribution in [1.29, 1.82) is 0 Å². The van der Waals surface area contributed by atoms with Crippen LogP contribution in [0.1, 0.15) is 21.5 Å². The molecule has 0 aliphatic rings. The summed E-state index contributed by atoms with van der Waals surface area (Å²) < 4.78 is 54.3. The molecule has 0 radical (unpaired) electrons. The molecule has 5 aromatic rings. The first-order valence-corrected chi connectivity index (χ1v) is 11.6. The minimum Gasteiger partial charge on any atom is -0.322 e. The predicted octanol–water partition coefficient (Wildman–Crippen LogP) is 7.32. The average molecular weight is 516 g/mol. The summed E-state index contributed by atoms with van der Waals surface area (Å²) in [5, 5.41) is 7.13. The molecule has 1 N–H and O–H groups in total. The van der Waals surface area contributed by atoms with Crippen molar-refractivity contribution in [3.63, 3.8) is 0 Å². The summed E-state index contributed by atoms with van der Waals surface area (Å²) in [4.78, 5) is 17.1. The summed E-state index contributed by atoms with van der Waals surface area (Å²) in [6.07, 6.45) is -3.00. The molecule has 1 amide bonds. The van der Waals surface area contributed by atoms with E-state index in [1.807, 2.05) is 25.1 Å². The van der Waals surface area contributed by atoms with Crippen LogP contribution in [-0.2, 0) is 6.18 Å². The summed E-state index contributed by atoms with van der Waals surface area (Å²) in [6.45, 7) is 1.88. The van der Waals surface area contributed by atoms with Crippen LogP contribution in [0.15, 0.2) is 97.3 Å². The first-order valence-electron chi connectivity index (χ1n) is 11.6. The Balaban J connectivity index is 1.30. The van der Waals surface area contributed by atoms with Crippen LogP contribution in [0.3, 0.4) is 0 Å². The van der Waals surface area contributed by atoms with E-state index in [0.717, 1.165) is 17.7 Å². The molecule has 5 rings (SSSR count). The third kappa shape index (κ3) is 5.17. The number of anilines is 1. The Morgan fingerprint density at radius 2 is 1.58 bits per heavy atom. The summed E-state index contributed by atoms with van der Waals surface area (Å²) in [5.74, 6) is -0.440. The van der Waals surface area contributed by atoms with Crippen LogP contribution in [-0.4, -0.2) is 20.7 Å². The van der Waals surface area contributed by atoms with Crippen molar-refractivity contribution in [2.45, 2.75) is 13.1 Å². The van der Waals surface area contributed by atoms with Gasteiger partial charge >= 0.3 is 6.18 Å². The van der Waals surface area contributed by atoms with Crippen molar-refractivity contribution in [3.8, 4) is 28.2 Å². The van der Waals surface area contributed by atoms with Crippen LogP contribution >= 0.6 is 0 Å². The number of nitrogens with zero attached hydrogens (tertiary/aromatic N) is 3. The van der Waals surface area contributed by atoms with Gasteiger partial charge in [0.25, 0.3) is 5.91 Å². The van der Waals surface area contributed by atoms with Crippen molar-refractivity contribution < 1.29 is 22.4 Å². The fraction of sp³-hybridized carbons (Fsp3) is 0.0690. The highest BCUT2D eigenvalue weighted by Gasteiger charge is 2.30. The zero-order valence-electron chi connectivity index (χ0n) is 20.0. The van der Waals surface area contributed by atoms with E-state index in [2.05, 4.69) is 15.4 Å². The SMILES string of the molecule is Cc1ccccc1-c1cc(C(=O)Nc2ccc(-c3ncn(-c4ccc(C(F)(F)F)cc4)n3)cc2)ccc1F. The summed E-state index contributed by atoms with van der Waals surface area (Å²) in [5.41, 5.74) is 3.13. The minimum absolute atomic E-state index is 0.311. The van der Waals surface area contributed by atoms with Crippen LogP contribution in [0.2, 0.25) is 0 Å². The van der Waals surface area contributed by atoms with E-state index in [1.54, 1.807) is 30.3 Å². The summed E-state index contributed by atoms with van der Waals surface area (Å²) in [7, 11) is 0. The molecule has 9 heteroatoms. The van der Waals surface area contributed by atoms with Gasteiger partial charge in [0, 0.05) is 22.4 Å². The van der Waals surface area contributed by atoms with E-state index in [1.165, 1.54) is 41.3 Å². The van der Waals surface area contributed by atoms with E-state index in [4.69, 9.17) is 0 Å². The number of hydrogen-bond acceptors (Lipinski definition) is 3. The van der Waals surface area contributed by atoms with E-state index in [0.29, 0.717) is 39.5 Å². The molecule has 0 aliphatic carbocycles. The van der Waals surface area contributed by atoms with Crippen molar-refractivity contribution >= 4 is 11.6 Å². The molecular weight excluding hydrogens is 496 g/mol. The van der Waals surface area contributed by atoms with Crippen molar-refractivity contribution in [1.82, 2.24) is 14.8 Å². The highest BCUT2D eigenvalue weighted by atomic mass is 19.4. The first-order chi connectivity index (χ1) is 18.2. The Hall–Kier alpha value is -4.79. The largest absolute Gasteiger partial charge is 0.416 e. The fourth-order valence-corrected chi connectivity index (χ4v) is 3.98. The van der Waals surface area contributed by atoms with Crippen LogP contribution in [0.5, 0.6) is 0 Å². The van der Waals surface area contributed by atoms with Gasteiger partial charge in [-0.15, -0.1) is 5.10 Å². The van der Waals surface area contributed by atoms with Crippen LogP contribution in [0.25, 0.3) is 28.2 Å². The molecule has 0 aliphatic heterocycles. The van der Waals surface area contributed by atoms with E-state index < -0.39 is 23.5 Å². The molecule has 0 saturated carbocycles. The number of rotatable bonds is 5. The lowest BCUT2D eigenvalue weighted by atomic mass is 9.98. The fourth-order valence-electron chi connectivity index (χ4n) is 3.98. The lowest BCUT2D eigenvalue weighted by Gasteiger charge is -2.10. The van der Waals surface area contributed by atoms with Crippen LogP contribution in [0.4, 0.5) is 23.2 Å². The minimum atomic E-state index is -4.41. The zero-order chi connectivity index (χ0) is 26.9. The molecule has 190 valence electrons. The summed E-state index contributed by atoms with van der Waals surface area (Å²) >= 11 is 0. The first kappa shape index (κ1) is 24.9. The monoisotopic (exact) mass is 516 g/mol. The normalized spacial score (nSPS) is 11.4. The number of benzene rings is 4. The number of hydrogen-bond donors (Lipinski definition) is 1. The van der Waals surface area contributed by atoms with Crippen molar-refractivity contribution in [2.24, 2.45) is 0 Å². The van der Waals surface area contributed by atoms with Gasteiger partial charge < -0.3 is 5.32 Å². The number of aryl methyl sites for hydroxylation is 1. The van der Waals surface area contributed by atoms with Gasteiger partial charge in [0.15, 0.2) is 5.82 Å². The average Bonchev–Trinajstić information content (AvgIpc) is 3.40. The number of alkyl halides is 3. The van der Waals surface area contributed by atoms with Gasteiger partial charge in [-0.3, -0.25) is 4.79 Å². The number of amides is 1. The smallest absolute Gasteiger partial charge is 0.322 e. The molecule has 0 fully saturated rings. The number of carbonyl (C=O) groups is 1. The molecule has 0 spiro atoms. The van der Waals surface area contributed by atoms with Gasteiger partial charge in [-0.25, -0.2) is 14.1 Å². The van der Waals surface area contributed by atoms with Crippen LogP contribution in [0, 0.1) is 12.7 Å². The van der Waals surface area contributed by atoms with Gasteiger partial charge in [-0.2, -0.15) is 13.2 Å². The molecule has 0 unspecified atom stereocenters. The second-order valence-electron chi connectivity index (χ2n) is 8.60. The molecule has 0 saturated heterocycles. The molecule has 0 atom stereocenters. The zero-order valence-corrected chi connectivity index (χ0v) is 20.0. The number of halogens is 4. The Kier molecular flexibility index (Phi) is 6.50.